The number of benzene rings is 1. The number of fused-ring (bicyclic) bond motifs is 1. The second-order valence-corrected chi connectivity index (χ2v) is 8.74. The van der Waals surface area contributed by atoms with Crippen molar-refractivity contribution in [3.8, 4) is 23.3 Å². The second-order valence-electron chi connectivity index (χ2n) is 8.74. The molecule has 1 saturated heterocycles. The van der Waals surface area contributed by atoms with Gasteiger partial charge in [-0.15, -0.1) is 0 Å². The van der Waals surface area contributed by atoms with E-state index in [-0.39, 0.29) is 37.5 Å². The number of rotatable bonds is 4. The van der Waals surface area contributed by atoms with E-state index in [0.29, 0.717) is 22.7 Å². The van der Waals surface area contributed by atoms with Gasteiger partial charge in [-0.3, -0.25) is 14.6 Å². The molecule has 0 unspecified atom stereocenters. The van der Waals surface area contributed by atoms with Crippen LogP contribution in [0.1, 0.15) is 35.3 Å². The topological polar surface area (TPSA) is 110 Å². The van der Waals surface area contributed by atoms with Gasteiger partial charge in [-0.1, -0.05) is 11.8 Å². The maximum Gasteiger partial charge on any atom is 0.270 e. The van der Waals surface area contributed by atoms with Crippen LogP contribution >= 0.6 is 0 Å². The van der Waals surface area contributed by atoms with Crippen LogP contribution in [0.4, 0.5) is 5.69 Å². The fraction of sp³-hybridized carbons (Fsp3) is 0.400. The Kier molecular flexibility index (Phi) is 5.86. The molecule has 2 aromatic rings. The Hall–Kier alpha value is -3.61. The molecule has 0 spiro atoms. The molecule has 2 N–H and O–H groups in total. The van der Waals surface area contributed by atoms with E-state index in [1.807, 2.05) is 0 Å². The summed E-state index contributed by atoms with van der Waals surface area (Å²) in [5.74, 6) is 5.99. The number of nitrogens with zero attached hydrogens (tertiary/aromatic N) is 2. The summed E-state index contributed by atoms with van der Waals surface area (Å²) in [4.78, 5) is 31.5. The number of ether oxygens (including phenoxy) is 3. The molecule has 5 rings (SSSR count). The monoisotopic (exact) mass is 463 g/mol. The van der Waals surface area contributed by atoms with Gasteiger partial charge >= 0.3 is 0 Å². The number of amides is 2. The molecule has 3 aliphatic rings. The molecule has 9 heteroatoms. The van der Waals surface area contributed by atoms with Crippen molar-refractivity contribution < 1.29 is 28.9 Å². The lowest BCUT2D eigenvalue weighted by molar-refractivity contribution is -0.140. The standard InChI is InChI=1S/C25H25N3O6/c1-28-21-11-16(7-9-25(31)14-32-15-25)5-6-22(21)33-13-20(24(28)30)27-23(29)19-12-18(8-10-26-19)34-17-3-2-4-17/h5-6,8,10-12,17,20,31H,2-4,13-15H2,1H3,(H,27,29)/t20-/m1/s1. The molecule has 0 radical (unpaired) electrons. The summed E-state index contributed by atoms with van der Waals surface area (Å²) in [5.41, 5.74) is 0.190. The van der Waals surface area contributed by atoms with E-state index in [0.717, 1.165) is 19.3 Å². The highest BCUT2D eigenvalue weighted by atomic mass is 16.5. The van der Waals surface area contributed by atoms with E-state index >= 15 is 0 Å². The predicted molar refractivity (Wildman–Crippen MR) is 122 cm³/mol. The SMILES string of the molecule is CN1C(=O)[C@H](NC(=O)c2cc(OC3CCC3)ccn2)COc2ccc(C#CC3(O)COC3)cc21. The second kappa shape index (κ2) is 8.97. The van der Waals surface area contributed by atoms with Gasteiger partial charge in [-0.2, -0.15) is 0 Å². The highest BCUT2D eigenvalue weighted by molar-refractivity contribution is 6.03. The van der Waals surface area contributed by atoms with Crippen LogP contribution in [0.2, 0.25) is 0 Å². The Morgan fingerprint density at radius 2 is 2.12 bits per heavy atom. The summed E-state index contributed by atoms with van der Waals surface area (Å²) in [6.45, 7) is 0.332. The largest absolute Gasteiger partial charge is 0.490 e. The maximum absolute atomic E-state index is 13.1. The Bertz CT molecular complexity index is 1180. The zero-order valence-corrected chi connectivity index (χ0v) is 18.7. The van der Waals surface area contributed by atoms with Crippen molar-refractivity contribution in [3.63, 3.8) is 0 Å². The summed E-state index contributed by atoms with van der Waals surface area (Å²) >= 11 is 0. The molecular weight excluding hydrogens is 438 g/mol. The van der Waals surface area contributed by atoms with Crippen LogP contribution in [0.3, 0.4) is 0 Å². The van der Waals surface area contributed by atoms with E-state index < -0.39 is 17.6 Å². The number of pyridine rings is 1. The number of hydrogen-bond acceptors (Lipinski definition) is 7. The van der Waals surface area contributed by atoms with Gasteiger partial charge in [0.2, 0.25) is 0 Å². The van der Waals surface area contributed by atoms with Gasteiger partial charge < -0.3 is 29.5 Å². The Morgan fingerprint density at radius 1 is 1.29 bits per heavy atom. The average Bonchev–Trinajstić information content (AvgIpc) is 2.91. The van der Waals surface area contributed by atoms with E-state index in [9.17, 15) is 14.7 Å². The molecule has 2 amide bonds. The number of nitrogens with one attached hydrogen (secondary N) is 1. The first-order valence-corrected chi connectivity index (χ1v) is 11.2. The number of aromatic nitrogens is 1. The predicted octanol–water partition coefficient (Wildman–Crippen LogP) is 1.28. The van der Waals surface area contributed by atoms with Crippen LogP contribution in [0.25, 0.3) is 0 Å². The molecule has 1 aliphatic carbocycles. The van der Waals surface area contributed by atoms with Crippen molar-refractivity contribution >= 4 is 17.5 Å². The molecular formula is C25H25N3O6. The Morgan fingerprint density at radius 3 is 2.82 bits per heavy atom. The quantitative estimate of drug-likeness (QED) is 0.658. The van der Waals surface area contributed by atoms with Crippen molar-refractivity contribution in [2.24, 2.45) is 0 Å². The van der Waals surface area contributed by atoms with Gasteiger partial charge in [-0.05, 0) is 43.5 Å². The lowest BCUT2D eigenvalue weighted by Crippen LogP contribution is -2.49. The smallest absolute Gasteiger partial charge is 0.270 e. The minimum absolute atomic E-state index is 0.0255. The van der Waals surface area contributed by atoms with E-state index in [4.69, 9.17) is 14.2 Å². The van der Waals surface area contributed by atoms with E-state index in [1.54, 1.807) is 37.4 Å². The van der Waals surface area contributed by atoms with Gasteiger partial charge in [0, 0.05) is 24.9 Å². The minimum atomic E-state index is -1.13. The first-order chi connectivity index (χ1) is 16.4. The van der Waals surface area contributed by atoms with Gasteiger partial charge in [0.05, 0.1) is 25.0 Å². The van der Waals surface area contributed by atoms with Crippen molar-refractivity contribution in [2.45, 2.75) is 37.0 Å². The number of carbonyl (C=O) groups excluding carboxylic acids is 2. The minimum Gasteiger partial charge on any atom is -0.490 e. The van der Waals surface area contributed by atoms with E-state index in [1.165, 1.54) is 11.1 Å². The highest BCUT2D eigenvalue weighted by Crippen LogP contribution is 2.32. The van der Waals surface area contributed by atoms with Crippen LogP contribution in [-0.4, -0.2) is 66.5 Å². The molecule has 9 nitrogen and oxygen atoms in total. The zero-order chi connectivity index (χ0) is 23.7. The lowest BCUT2D eigenvalue weighted by Gasteiger charge is -2.30. The normalized spacial score (nSPS) is 20.9. The maximum atomic E-state index is 13.1. The van der Waals surface area contributed by atoms with Crippen molar-refractivity contribution in [2.75, 3.05) is 31.8 Å². The first kappa shape index (κ1) is 22.2. The molecule has 2 aliphatic heterocycles. The summed E-state index contributed by atoms with van der Waals surface area (Å²) in [5, 5.41) is 12.8. The van der Waals surface area contributed by atoms with Crippen molar-refractivity contribution in [1.82, 2.24) is 10.3 Å². The van der Waals surface area contributed by atoms with Crippen LogP contribution in [0, 0.1) is 11.8 Å². The molecule has 1 aromatic heterocycles. The van der Waals surface area contributed by atoms with Gasteiger partial charge in [0.25, 0.3) is 11.8 Å². The van der Waals surface area contributed by atoms with Crippen LogP contribution in [-0.2, 0) is 9.53 Å². The summed E-state index contributed by atoms with van der Waals surface area (Å²) in [6.07, 6.45) is 4.86. The third kappa shape index (κ3) is 4.55. The summed E-state index contributed by atoms with van der Waals surface area (Å²) in [7, 11) is 1.62. The number of anilines is 1. The molecule has 1 atom stereocenters. The van der Waals surface area contributed by atoms with Gasteiger partial charge in [-0.25, -0.2) is 0 Å². The lowest BCUT2D eigenvalue weighted by atomic mass is 9.96. The molecule has 1 saturated carbocycles. The van der Waals surface area contributed by atoms with E-state index in [2.05, 4.69) is 22.1 Å². The first-order valence-electron chi connectivity index (χ1n) is 11.2. The number of hydrogen-bond donors (Lipinski definition) is 2. The number of carbonyl (C=O) groups is 2. The highest BCUT2D eigenvalue weighted by Gasteiger charge is 2.34. The van der Waals surface area contributed by atoms with Crippen molar-refractivity contribution in [1.29, 1.82) is 0 Å². The molecule has 2 fully saturated rings. The molecule has 34 heavy (non-hydrogen) atoms. The zero-order valence-electron chi connectivity index (χ0n) is 18.7. The summed E-state index contributed by atoms with van der Waals surface area (Å²) < 4.78 is 16.7. The number of likely N-dealkylation sites (N-methyl/N-ethyl adjacent to an activating group) is 1. The number of aliphatic hydroxyl groups is 1. The van der Waals surface area contributed by atoms with Crippen LogP contribution in [0.5, 0.6) is 11.5 Å². The Labute approximate surface area is 197 Å². The molecule has 1 aromatic carbocycles. The summed E-state index contributed by atoms with van der Waals surface area (Å²) in [6, 6.07) is 7.60. The molecule has 3 heterocycles. The molecule has 0 bridgehead atoms. The van der Waals surface area contributed by atoms with Gasteiger partial charge in [0.15, 0.2) is 5.60 Å². The van der Waals surface area contributed by atoms with Crippen LogP contribution < -0.4 is 19.7 Å². The van der Waals surface area contributed by atoms with Crippen LogP contribution in [0.15, 0.2) is 36.5 Å². The van der Waals surface area contributed by atoms with Crippen molar-refractivity contribution in [3.05, 3.63) is 47.8 Å². The van der Waals surface area contributed by atoms with Gasteiger partial charge in [0.1, 0.15) is 29.8 Å². The third-order valence-electron chi connectivity index (χ3n) is 6.10. The molecule has 176 valence electrons. The Balaban J connectivity index is 1.28. The average molecular weight is 463 g/mol. The fourth-order valence-corrected chi connectivity index (χ4v) is 3.76. The fourth-order valence-electron chi connectivity index (χ4n) is 3.76. The third-order valence-corrected chi connectivity index (χ3v) is 6.10.